The third-order valence-electron chi connectivity index (χ3n) is 2.26. The van der Waals surface area contributed by atoms with Crippen LogP contribution < -0.4 is 11.5 Å². The van der Waals surface area contributed by atoms with Crippen molar-refractivity contribution >= 4 is 39.9 Å². The van der Waals surface area contributed by atoms with Crippen molar-refractivity contribution in [2.24, 2.45) is 0 Å². The van der Waals surface area contributed by atoms with E-state index in [1.54, 1.807) is 12.1 Å². The molecule has 0 aliphatic rings. The van der Waals surface area contributed by atoms with Gasteiger partial charge in [0.15, 0.2) is 9.92 Å². The first kappa shape index (κ1) is 11.3. The molecule has 6 nitrogen and oxygen atoms in total. The Morgan fingerprint density at radius 3 is 3.00 bits per heavy atom. The van der Waals surface area contributed by atoms with E-state index in [2.05, 4.69) is 15.2 Å². The van der Waals surface area contributed by atoms with Gasteiger partial charge in [-0.2, -0.15) is 0 Å². The van der Waals surface area contributed by atoms with Gasteiger partial charge in [-0.05, 0) is 13.0 Å². The lowest BCUT2D eigenvalue weighted by Crippen LogP contribution is -1.93. The molecule has 0 unspecified atom stereocenters. The number of rotatable bonds is 2. The normalized spacial score (nSPS) is 11.2. The molecule has 0 spiro atoms. The first-order valence-electron chi connectivity index (χ1n) is 5.02. The van der Waals surface area contributed by atoms with Crippen molar-refractivity contribution < 1.29 is 4.42 Å². The number of anilines is 1. The van der Waals surface area contributed by atoms with E-state index in [1.165, 1.54) is 23.1 Å². The second-order valence-electron chi connectivity index (χ2n) is 3.59. The molecule has 3 aromatic rings. The fraction of sp³-hybridized carbons (Fsp3) is 0.100. The van der Waals surface area contributed by atoms with Gasteiger partial charge in [0, 0.05) is 16.6 Å². The molecule has 0 fully saturated rings. The zero-order chi connectivity index (χ0) is 12.7. The lowest BCUT2D eigenvalue weighted by atomic mass is 10.3. The van der Waals surface area contributed by atoms with Gasteiger partial charge in [-0.1, -0.05) is 23.1 Å². The number of oxazole rings is 1. The van der Waals surface area contributed by atoms with Crippen LogP contribution in [0.2, 0.25) is 0 Å². The number of aromatic amines is 1. The molecule has 0 radical (unpaired) electrons. The highest BCUT2D eigenvalue weighted by Crippen LogP contribution is 2.35. The van der Waals surface area contributed by atoms with E-state index in [0.717, 1.165) is 14.2 Å². The fourth-order valence-electron chi connectivity index (χ4n) is 1.50. The molecule has 0 saturated carbocycles. The summed E-state index contributed by atoms with van der Waals surface area (Å²) in [6.45, 7) is 1.89. The number of fused-ring (bicyclic) bond motifs is 1. The molecule has 2 aromatic heterocycles. The molecule has 3 N–H and O–H groups in total. The van der Waals surface area contributed by atoms with Gasteiger partial charge in [-0.15, -0.1) is 10.2 Å². The van der Waals surface area contributed by atoms with Crippen LogP contribution in [0.15, 0.2) is 30.6 Å². The molecule has 1 aromatic carbocycles. The minimum atomic E-state index is -0.488. The molecular formula is C10H8N4O2S2. The Balaban J connectivity index is 2.05. The minimum Gasteiger partial charge on any atom is -0.408 e. The number of nitrogens with two attached hydrogens (primary N) is 1. The van der Waals surface area contributed by atoms with Gasteiger partial charge in [0.25, 0.3) is 0 Å². The van der Waals surface area contributed by atoms with Gasteiger partial charge in [-0.25, -0.2) is 4.79 Å². The highest BCUT2D eigenvalue weighted by atomic mass is 32.2. The smallest absolute Gasteiger partial charge is 0.408 e. The van der Waals surface area contributed by atoms with Crippen LogP contribution in [0, 0.1) is 6.92 Å². The molecule has 0 atom stereocenters. The number of H-pyrrole nitrogens is 1. The number of nitrogens with zero attached hydrogens (tertiary/aromatic N) is 2. The van der Waals surface area contributed by atoms with Crippen LogP contribution in [0.3, 0.4) is 0 Å². The Hall–Kier alpha value is -1.80. The summed E-state index contributed by atoms with van der Waals surface area (Å²) in [5, 5.41) is 8.85. The first-order chi connectivity index (χ1) is 8.61. The van der Waals surface area contributed by atoms with E-state index in [9.17, 15) is 4.79 Å². The van der Waals surface area contributed by atoms with Crippen LogP contribution >= 0.6 is 23.1 Å². The maximum absolute atomic E-state index is 11.1. The van der Waals surface area contributed by atoms with Gasteiger partial charge in [0.05, 0.1) is 5.52 Å². The molecule has 8 heteroatoms. The van der Waals surface area contributed by atoms with E-state index in [-0.39, 0.29) is 0 Å². The highest BCUT2D eigenvalue weighted by molar-refractivity contribution is 8.01. The lowest BCUT2D eigenvalue weighted by Gasteiger charge is -2.01. The van der Waals surface area contributed by atoms with E-state index < -0.39 is 5.76 Å². The monoisotopic (exact) mass is 280 g/mol. The Morgan fingerprint density at radius 1 is 1.44 bits per heavy atom. The summed E-state index contributed by atoms with van der Waals surface area (Å²) in [7, 11) is 0. The van der Waals surface area contributed by atoms with Gasteiger partial charge >= 0.3 is 5.76 Å². The molecular weight excluding hydrogens is 272 g/mol. The highest BCUT2D eigenvalue weighted by Gasteiger charge is 2.10. The van der Waals surface area contributed by atoms with Crippen LogP contribution in [0.25, 0.3) is 11.1 Å². The number of benzene rings is 1. The number of aromatic nitrogens is 3. The van der Waals surface area contributed by atoms with Crippen LogP contribution in [0.5, 0.6) is 0 Å². The van der Waals surface area contributed by atoms with Gasteiger partial charge in [0.2, 0.25) is 0 Å². The van der Waals surface area contributed by atoms with Crippen molar-refractivity contribution in [1.29, 1.82) is 0 Å². The molecule has 92 valence electrons. The van der Waals surface area contributed by atoms with Crippen molar-refractivity contribution in [3.63, 3.8) is 0 Å². The largest absolute Gasteiger partial charge is 0.417 e. The van der Waals surface area contributed by atoms with Crippen molar-refractivity contribution in [3.8, 4) is 0 Å². The Morgan fingerprint density at radius 2 is 2.28 bits per heavy atom. The lowest BCUT2D eigenvalue weighted by molar-refractivity contribution is 0.555. The second kappa shape index (κ2) is 4.14. The zero-order valence-corrected chi connectivity index (χ0v) is 10.9. The summed E-state index contributed by atoms with van der Waals surface area (Å²) in [5.74, 6) is -0.488. The number of nitrogen functional groups attached to an aromatic ring is 1. The zero-order valence-electron chi connectivity index (χ0n) is 9.26. The number of nitrogens with one attached hydrogen (secondary N) is 1. The van der Waals surface area contributed by atoms with Crippen molar-refractivity contribution in [2.75, 3.05) is 5.73 Å². The van der Waals surface area contributed by atoms with Gasteiger partial charge < -0.3 is 10.2 Å². The Kier molecular flexibility index (Phi) is 2.60. The summed E-state index contributed by atoms with van der Waals surface area (Å²) in [4.78, 5) is 14.5. The topological polar surface area (TPSA) is 97.8 Å². The molecule has 0 aliphatic carbocycles. The maximum Gasteiger partial charge on any atom is 0.417 e. The average Bonchev–Trinajstić information content (AvgIpc) is 2.85. The van der Waals surface area contributed by atoms with Crippen LogP contribution in [-0.2, 0) is 0 Å². The average molecular weight is 280 g/mol. The van der Waals surface area contributed by atoms with Gasteiger partial charge in [0.1, 0.15) is 5.01 Å². The second-order valence-corrected chi connectivity index (χ2v) is 6.06. The van der Waals surface area contributed by atoms with Crippen LogP contribution in [0.4, 0.5) is 5.69 Å². The van der Waals surface area contributed by atoms with Crippen LogP contribution in [-0.4, -0.2) is 15.2 Å². The fourth-order valence-corrected chi connectivity index (χ4v) is 3.33. The van der Waals surface area contributed by atoms with Crippen LogP contribution in [0.1, 0.15) is 5.01 Å². The van der Waals surface area contributed by atoms with Crippen molar-refractivity contribution in [3.05, 3.63) is 27.7 Å². The van der Waals surface area contributed by atoms with Gasteiger partial charge in [-0.3, -0.25) is 4.98 Å². The molecule has 2 heterocycles. The maximum atomic E-state index is 11.1. The van der Waals surface area contributed by atoms with Crippen molar-refractivity contribution in [1.82, 2.24) is 15.2 Å². The summed E-state index contributed by atoms with van der Waals surface area (Å²) < 4.78 is 5.74. The molecule has 3 rings (SSSR count). The van der Waals surface area contributed by atoms with Crippen molar-refractivity contribution in [2.45, 2.75) is 16.2 Å². The predicted molar refractivity (Wildman–Crippen MR) is 70.0 cm³/mol. The van der Waals surface area contributed by atoms with E-state index in [1.807, 2.05) is 6.92 Å². The molecule has 0 bridgehead atoms. The number of hydrogen-bond acceptors (Lipinski definition) is 7. The molecule has 0 amide bonds. The Bertz CT molecular complexity index is 774. The number of hydrogen-bond donors (Lipinski definition) is 2. The molecule has 18 heavy (non-hydrogen) atoms. The Labute approximate surface area is 109 Å². The van der Waals surface area contributed by atoms with E-state index in [0.29, 0.717) is 16.8 Å². The SMILES string of the molecule is Cc1nnc(Sc2cc3[nH]c(=O)oc3cc2N)s1. The third-order valence-corrected chi connectivity index (χ3v) is 4.22. The number of aryl methyl sites for hydroxylation is 1. The van der Waals surface area contributed by atoms with E-state index >= 15 is 0 Å². The summed E-state index contributed by atoms with van der Waals surface area (Å²) >= 11 is 2.91. The summed E-state index contributed by atoms with van der Waals surface area (Å²) in [6.07, 6.45) is 0. The minimum absolute atomic E-state index is 0.454. The molecule has 0 aliphatic heterocycles. The predicted octanol–water partition coefficient (Wildman–Crippen LogP) is 2.01. The standard InChI is InChI=1S/C10H8N4O2S2/c1-4-13-14-10(17-4)18-8-3-6-7(2-5(8)11)16-9(15)12-6/h2-3H,11H2,1H3,(H,12,15). The van der Waals surface area contributed by atoms with E-state index in [4.69, 9.17) is 10.2 Å². The molecule has 0 saturated heterocycles. The third kappa shape index (κ3) is 2.00. The first-order valence-corrected chi connectivity index (χ1v) is 6.65. The summed E-state index contributed by atoms with van der Waals surface area (Å²) in [6, 6.07) is 3.40. The summed E-state index contributed by atoms with van der Waals surface area (Å²) in [5.41, 5.74) is 7.53. The quantitative estimate of drug-likeness (QED) is 0.697.